The van der Waals surface area contributed by atoms with Gasteiger partial charge < -0.3 is 4.90 Å². The number of benzene rings is 1. The minimum atomic E-state index is -1.01. The zero-order valence-electron chi connectivity index (χ0n) is 11.1. The van der Waals surface area contributed by atoms with Crippen molar-refractivity contribution in [2.24, 2.45) is 0 Å². The van der Waals surface area contributed by atoms with E-state index in [-0.39, 0.29) is 5.91 Å². The maximum Gasteiger partial charge on any atom is 0.250 e. The third-order valence-electron chi connectivity index (χ3n) is 3.03. The van der Waals surface area contributed by atoms with E-state index < -0.39 is 10.8 Å². The quantitative estimate of drug-likeness (QED) is 0.851. The van der Waals surface area contributed by atoms with Crippen molar-refractivity contribution in [3.8, 4) is 0 Å². The maximum atomic E-state index is 12.3. The molecule has 1 heterocycles. The van der Waals surface area contributed by atoms with E-state index in [4.69, 9.17) is 23.2 Å². The Labute approximate surface area is 131 Å². The number of nitrogens with zero attached hydrogens (tertiary/aromatic N) is 1. The van der Waals surface area contributed by atoms with Gasteiger partial charge in [-0.15, -0.1) is 0 Å². The highest BCUT2D eigenvalue weighted by Crippen LogP contribution is 2.21. The smallest absolute Gasteiger partial charge is 0.250 e. The molecule has 1 unspecified atom stereocenters. The molecule has 0 aliphatic carbocycles. The molecule has 2 rings (SSSR count). The van der Waals surface area contributed by atoms with Crippen molar-refractivity contribution in [1.29, 1.82) is 0 Å². The van der Waals surface area contributed by atoms with Crippen LogP contribution in [-0.4, -0.2) is 27.8 Å². The summed E-state index contributed by atoms with van der Waals surface area (Å²) in [6.45, 7) is 0.420. The second-order valence-corrected chi connectivity index (χ2v) is 7.05. The summed E-state index contributed by atoms with van der Waals surface area (Å²) in [7, 11) is 0.705. The third-order valence-corrected chi connectivity index (χ3v) is 4.70. The van der Waals surface area contributed by atoms with Gasteiger partial charge in [0, 0.05) is 51.2 Å². The Morgan fingerprint density at radius 1 is 1.30 bits per heavy atom. The maximum absolute atomic E-state index is 12.3. The Hall–Kier alpha value is -0.840. The van der Waals surface area contributed by atoms with Crippen molar-refractivity contribution in [3.05, 3.63) is 44.8 Å². The van der Waals surface area contributed by atoms with Crippen molar-refractivity contribution < 1.29 is 9.00 Å². The number of likely N-dealkylation sites (N-methyl/N-ethyl adjacent to an activating group) is 1. The van der Waals surface area contributed by atoms with Crippen LogP contribution in [0.5, 0.6) is 0 Å². The first-order valence-electron chi connectivity index (χ1n) is 6.24. The van der Waals surface area contributed by atoms with Crippen LogP contribution in [0.1, 0.15) is 18.4 Å². The predicted molar refractivity (Wildman–Crippen MR) is 83.3 cm³/mol. The highest BCUT2D eigenvalue weighted by atomic mass is 35.5. The van der Waals surface area contributed by atoms with Gasteiger partial charge >= 0.3 is 0 Å². The summed E-state index contributed by atoms with van der Waals surface area (Å²) in [5.41, 5.74) is 1.50. The fourth-order valence-electron chi connectivity index (χ4n) is 2.13. The number of amides is 1. The van der Waals surface area contributed by atoms with Gasteiger partial charge in [-0.3, -0.25) is 9.00 Å². The number of rotatable bonds is 3. The molecule has 3 nitrogen and oxygen atoms in total. The Balaban J connectivity index is 2.09. The first-order valence-corrected chi connectivity index (χ1v) is 8.38. The molecule has 0 bridgehead atoms. The van der Waals surface area contributed by atoms with E-state index >= 15 is 0 Å². The van der Waals surface area contributed by atoms with Crippen LogP contribution in [0.25, 0.3) is 0 Å². The monoisotopic (exact) mass is 331 g/mol. The summed E-state index contributed by atoms with van der Waals surface area (Å²) in [4.78, 5) is 13.9. The lowest BCUT2D eigenvalue weighted by atomic mass is 10.1. The first kappa shape index (κ1) is 15.5. The van der Waals surface area contributed by atoms with E-state index in [2.05, 4.69) is 0 Å². The summed E-state index contributed by atoms with van der Waals surface area (Å²) in [5, 5.41) is 2.67. The molecule has 1 aromatic carbocycles. The van der Waals surface area contributed by atoms with Crippen LogP contribution in [0, 0.1) is 0 Å². The standard InChI is InChI=1S/C14H15Cl2NO2S/c1-17(8-10-5-12(15)7-13(16)6-10)14(18)11-3-2-4-20(19)9-11/h5-7,9H,2-4,8H2,1H3. The SMILES string of the molecule is CN(Cc1cc(Cl)cc(Cl)c1)C(=O)C1=CS(=O)CCC1. The van der Waals surface area contributed by atoms with Crippen LogP contribution in [0.15, 0.2) is 29.2 Å². The van der Waals surface area contributed by atoms with Gasteiger partial charge in [-0.05, 0) is 36.6 Å². The molecule has 1 atom stereocenters. The van der Waals surface area contributed by atoms with Crippen LogP contribution in [-0.2, 0) is 22.1 Å². The zero-order chi connectivity index (χ0) is 14.7. The van der Waals surface area contributed by atoms with Crippen LogP contribution in [0.4, 0.5) is 0 Å². The van der Waals surface area contributed by atoms with E-state index in [0.717, 1.165) is 12.0 Å². The predicted octanol–water partition coefficient (Wildman–Crippen LogP) is 3.38. The molecule has 0 N–H and O–H groups in total. The molecule has 0 fully saturated rings. The molecule has 1 aromatic rings. The number of carbonyl (C=O) groups excluding carboxylic acids is 1. The minimum absolute atomic E-state index is 0.0888. The Morgan fingerprint density at radius 2 is 1.95 bits per heavy atom. The van der Waals surface area contributed by atoms with Gasteiger partial charge in [0.25, 0.3) is 0 Å². The first-order chi connectivity index (χ1) is 9.45. The summed E-state index contributed by atoms with van der Waals surface area (Å²) < 4.78 is 11.5. The average Bonchev–Trinajstić information content (AvgIpc) is 2.36. The number of carbonyl (C=O) groups is 1. The lowest BCUT2D eigenvalue weighted by Gasteiger charge is -2.21. The van der Waals surface area contributed by atoms with E-state index in [9.17, 15) is 9.00 Å². The van der Waals surface area contributed by atoms with Crippen LogP contribution < -0.4 is 0 Å². The Morgan fingerprint density at radius 3 is 2.55 bits per heavy atom. The molecular weight excluding hydrogens is 317 g/mol. The minimum Gasteiger partial charge on any atom is -0.338 e. The average molecular weight is 332 g/mol. The Bertz CT molecular complexity index is 566. The lowest BCUT2D eigenvalue weighted by molar-refractivity contribution is -0.126. The van der Waals surface area contributed by atoms with Crippen LogP contribution >= 0.6 is 23.2 Å². The highest BCUT2D eigenvalue weighted by molar-refractivity contribution is 7.88. The van der Waals surface area contributed by atoms with Gasteiger partial charge in [-0.2, -0.15) is 0 Å². The lowest BCUT2D eigenvalue weighted by Crippen LogP contribution is -2.29. The second-order valence-electron chi connectivity index (χ2n) is 4.77. The molecule has 0 spiro atoms. The van der Waals surface area contributed by atoms with Gasteiger partial charge in [-0.1, -0.05) is 23.2 Å². The van der Waals surface area contributed by atoms with Gasteiger partial charge in [0.05, 0.1) is 0 Å². The second kappa shape index (κ2) is 6.74. The summed E-state index contributed by atoms with van der Waals surface area (Å²) >= 11 is 11.9. The summed E-state index contributed by atoms with van der Waals surface area (Å²) in [6.07, 6.45) is 1.48. The molecule has 1 aliphatic rings. The molecule has 0 saturated carbocycles. The molecule has 6 heteroatoms. The fraction of sp³-hybridized carbons (Fsp3) is 0.357. The molecule has 0 radical (unpaired) electrons. The van der Waals surface area contributed by atoms with Crippen molar-refractivity contribution in [2.75, 3.05) is 12.8 Å². The number of halogens is 2. The Kier molecular flexibility index (Phi) is 5.24. The molecule has 0 saturated heterocycles. The fourth-order valence-corrected chi connectivity index (χ4v) is 3.79. The van der Waals surface area contributed by atoms with Crippen molar-refractivity contribution in [2.45, 2.75) is 19.4 Å². The molecule has 108 valence electrons. The number of hydrogen-bond acceptors (Lipinski definition) is 2. The van der Waals surface area contributed by atoms with E-state index in [1.165, 1.54) is 0 Å². The van der Waals surface area contributed by atoms with Gasteiger partial charge in [0.1, 0.15) is 0 Å². The van der Waals surface area contributed by atoms with Crippen molar-refractivity contribution in [3.63, 3.8) is 0 Å². The highest BCUT2D eigenvalue weighted by Gasteiger charge is 2.19. The van der Waals surface area contributed by atoms with Crippen LogP contribution in [0.3, 0.4) is 0 Å². The third kappa shape index (κ3) is 4.08. The molecule has 1 aliphatic heterocycles. The van der Waals surface area contributed by atoms with E-state index in [1.807, 2.05) is 0 Å². The van der Waals surface area contributed by atoms with Gasteiger partial charge in [-0.25, -0.2) is 0 Å². The van der Waals surface area contributed by atoms with Gasteiger partial charge in [0.15, 0.2) is 0 Å². The topological polar surface area (TPSA) is 37.4 Å². The van der Waals surface area contributed by atoms with Crippen LogP contribution in [0.2, 0.25) is 10.0 Å². The zero-order valence-corrected chi connectivity index (χ0v) is 13.4. The molecule has 1 amide bonds. The summed E-state index contributed by atoms with van der Waals surface area (Å²) in [6, 6.07) is 5.22. The molecule has 0 aromatic heterocycles. The molecular formula is C14H15Cl2NO2S. The molecule has 20 heavy (non-hydrogen) atoms. The van der Waals surface area contributed by atoms with E-state index in [0.29, 0.717) is 34.3 Å². The summed E-state index contributed by atoms with van der Waals surface area (Å²) in [5.74, 6) is 0.554. The van der Waals surface area contributed by atoms with E-state index in [1.54, 1.807) is 35.6 Å². The number of hydrogen-bond donors (Lipinski definition) is 0. The van der Waals surface area contributed by atoms with Gasteiger partial charge in [0.2, 0.25) is 5.91 Å². The largest absolute Gasteiger partial charge is 0.338 e. The normalized spacial score (nSPS) is 18.6. The van der Waals surface area contributed by atoms with Crippen molar-refractivity contribution in [1.82, 2.24) is 4.90 Å². The van der Waals surface area contributed by atoms with Crippen molar-refractivity contribution >= 4 is 39.9 Å².